The molecule has 1 amide bonds. The SMILES string of the molecule is Cn1cnc(OC(=O)N(Cc2cccc(OC(F)(F)F)c2)CC2C3CN(Cc4nc5ccccc5[nH]4)CC32)c1. The highest BCUT2D eigenvalue weighted by atomic mass is 19.4. The number of fused-ring (bicyclic) bond motifs is 2. The van der Waals surface area contributed by atoms with Crippen LogP contribution in [0.4, 0.5) is 18.0 Å². The smallest absolute Gasteiger partial charge is 0.406 e. The van der Waals surface area contributed by atoms with E-state index in [1.165, 1.54) is 29.4 Å². The number of H-pyrrole nitrogens is 1. The van der Waals surface area contributed by atoms with Gasteiger partial charge < -0.3 is 23.9 Å². The van der Waals surface area contributed by atoms with E-state index in [-0.39, 0.29) is 24.1 Å². The minimum Gasteiger partial charge on any atom is -0.406 e. The van der Waals surface area contributed by atoms with Gasteiger partial charge in [-0.05, 0) is 47.6 Å². The van der Waals surface area contributed by atoms with Gasteiger partial charge in [-0.1, -0.05) is 24.3 Å². The lowest BCUT2D eigenvalue weighted by Crippen LogP contribution is -2.37. The Morgan fingerprint density at radius 1 is 1.15 bits per heavy atom. The average molecular weight is 541 g/mol. The molecule has 204 valence electrons. The molecule has 9 nitrogen and oxygen atoms in total. The van der Waals surface area contributed by atoms with E-state index in [9.17, 15) is 18.0 Å². The lowest BCUT2D eigenvalue weighted by atomic mass is 10.2. The van der Waals surface area contributed by atoms with Crippen LogP contribution in [0.3, 0.4) is 0 Å². The maximum absolute atomic E-state index is 13.1. The molecular weight excluding hydrogens is 513 g/mol. The third kappa shape index (κ3) is 5.85. The first-order chi connectivity index (χ1) is 18.7. The van der Waals surface area contributed by atoms with Crippen molar-refractivity contribution in [1.29, 1.82) is 0 Å². The first kappa shape index (κ1) is 25.2. The summed E-state index contributed by atoms with van der Waals surface area (Å²) >= 11 is 0. The van der Waals surface area contributed by atoms with Gasteiger partial charge in [0.2, 0.25) is 5.88 Å². The summed E-state index contributed by atoms with van der Waals surface area (Å²) in [6.07, 6.45) is -2.29. The second kappa shape index (κ2) is 9.92. The molecule has 1 saturated carbocycles. The zero-order valence-corrected chi connectivity index (χ0v) is 21.1. The number of aromatic amines is 1. The number of para-hydroxylation sites is 2. The van der Waals surface area contributed by atoms with Crippen LogP contribution in [0.5, 0.6) is 11.6 Å². The van der Waals surface area contributed by atoms with Crippen LogP contribution in [0.1, 0.15) is 11.4 Å². The number of alkyl halides is 3. The van der Waals surface area contributed by atoms with E-state index in [1.807, 2.05) is 24.3 Å². The normalized spacial score (nSPS) is 20.7. The van der Waals surface area contributed by atoms with Crippen LogP contribution in [0.25, 0.3) is 11.0 Å². The van der Waals surface area contributed by atoms with E-state index in [0.29, 0.717) is 23.9 Å². The number of hydrogen-bond donors (Lipinski definition) is 1. The predicted octanol–water partition coefficient (Wildman–Crippen LogP) is 4.57. The molecule has 0 bridgehead atoms. The molecule has 1 N–H and O–H groups in total. The molecule has 0 radical (unpaired) electrons. The summed E-state index contributed by atoms with van der Waals surface area (Å²) in [6.45, 7) is 3.03. The fraction of sp³-hybridized carbons (Fsp3) is 0.370. The Hall–Kier alpha value is -4.06. The van der Waals surface area contributed by atoms with Crippen molar-refractivity contribution in [2.24, 2.45) is 24.8 Å². The Balaban J connectivity index is 1.11. The van der Waals surface area contributed by atoms with Crippen molar-refractivity contribution in [3.8, 4) is 11.6 Å². The zero-order chi connectivity index (χ0) is 27.1. The number of carbonyl (C=O) groups excluding carboxylic acids is 1. The number of imidazole rings is 2. The van der Waals surface area contributed by atoms with Gasteiger partial charge in [0.1, 0.15) is 11.6 Å². The number of halogens is 3. The maximum Gasteiger partial charge on any atom is 0.573 e. The fourth-order valence-corrected chi connectivity index (χ4v) is 5.54. The molecule has 1 aliphatic carbocycles. The Bertz CT molecular complexity index is 1440. The minimum absolute atomic E-state index is 0.0827. The number of piperidine rings is 1. The van der Waals surface area contributed by atoms with Crippen molar-refractivity contribution in [2.45, 2.75) is 19.5 Å². The molecule has 39 heavy (non-hydrogen) atoms. The average Bonchev–Trinajstić information content (AvgIpc) is 3.28. The summed E-state index contributed by atoms with van der Waals surface area (Å²) in [4.78, 5) is 29.1. The summed E-state index contributed by atoms with van der Waals surface area (Å²) in [7, 11) is 1.76. The molecule has 1 saturated heterocycles. The van der Waals surface area contributed by atoms with Gasteiger partial charge in [0.05, 0.1) is 30.1 Å². The molecule has 2 unspecified atom stereocenters. The summed E-state index contributed by atoms with van der Waals surface area (Å²) < 4.78 is 49.3. The molecule has 2 aliphatic rings. The molecule has 1 aliphatic heterocycles. The van der Waals surface area contributed by atoms with Gasteiger partial charge >= 0.3 is 12.5 Å². The van der Waals surface area contributed by atoms with E-state index >= 15 is 0 Å². The molecule has 4 aromatic rings. The molecule has 3 heterocycles. The maximum atomic E-state index is 13.1. The first-order valence-electron chi connectivity index (χ1n) is 12.7. The van der Waals surface area contributed by atoms with Crippen molar-refractivity contribution < 1.29 is 27.4 Å². The highest BCUT2D eigenvalue weighted by Crippen LogP contribution is 2.52. The number of amides is 1. The van der Waals surface area contributed by atoms with Gasteiger partial charge in [-0.15, -0.1) is 13.2 Å². The van der Waals surface area contributed by atoms with Crippen LogP contribution in [0, 0.1) is 17.8 Å². The van der Waals surface area contributed by atoms with Gasteiger partial charge in [0, 0.05) is 33.2 Å². The van der Waals surface area contributed by atoms with Gasteiger partial charge in [-0.3, -0.25) is 4.90 Å². The number of nitrogens with one attached hydrogen (secondary N) is 1. The topological polar surface area (TPSA) is 88.5 Å². The summed E-state index contributed by atoms with van der Waals surface area (Å²) in [5.74, 6) is 1.90. The lowest BCUT2D eigenvalue weighted by Gasteiger charge is -2.24. The van der Waals surface area contributed by atoms with Crippen molar-refractivity contribution in [3.05, 3.63) is 72.4 Å². The zero-order valence-electron chi connectivity index (χ0n) is 21.1. The molecule has 2 aromatic heterocycles. The first-order valence-corrected chi connectivity index (χ1v) is 12.7. The van der Waals surface area contributed by atoms with Gasteiger partial charge in [-0.2, -0.15) is 0 Å². The summed E-state index contributed by atoms with van der Waals surface area (Å²) in [5.41, 5.74) is 2.47. The second-order valence-electron chi connectivity index (χ2n) is 10.2. The van der Waals surface area contributed by atoms with E-state index in [1.54, 1.807) is 23.9 Å². The van der Waals surface area contributed by atoms with Crippen molar-refractivity contribution in [2.75, 3.05) is 19.6 Å². The van der Waals surface area contributed by atoms with Gasteiger partial charge in [0.15, 0.2) is 0 Å². The molecule has 12 heteroatoms. The number of likely N-dealkylation sites (tertiary alicyclic amines) is 1. The lowest BCUT2D eigenvalue weighted by molar-refractivity contribution is -0.274. The molecule has 2 aromatic carbocycles. The van der Waals surface area contributed by atoms with Crippen LogP contribution < -0.4 is 9.47 Å². The Kier molecular flexibility index (Phi) is 6.42. The highest BCUT2D eigenvalue weighted by molar-refractivity contribution is 5.74. The predicted molar refractivity (Wildman–Crippen MR) is 135 cm³/mol. The number of benzene rings is 2. The largest absolute Gasteiger partial charge is 0.573 e. The fourth-order valence-electron chi connectivity index (χ4n) is 5.54. The third-order valence-corrected chi connectivity index (χ3v) is 7.33. The molecule has 2 fully saturated rings. The van der Waals surface area contributed by atoms with Gasteiger partial charge in [-0.25, -0.2) is 14.8 Å². The number of hydrogen-bond acceptors (Lipinski definition) is 6. The van der Waals surface area contributed by atoms with Gasteiger partial charge in [0.25, 0.3) is 0 Å². The Morgan fingerprint density at radius 3 is 2.67 bits per heavy atom. The molecule has 6 rings (SSSR count). The number of nitrogens with zero attached hydrogens (tertiary/aromatic N) is 5. The molecule has 0 spiro atoms. The van der Waals surface area contributed by atoms with Crippen LogP contribution in [0.2, 0.25) is 0 Å². The number of aryl methyl sites for hydroxylation is 1. The Labute approximate surface area is 222 Å². The number of ether oxygens (including phenoxy) is 2. The second-order valence-corrected chi connectivity index (χ2v) is 10.2. The van der Waals surface area contributed by atoms with Crippen molar-refractivity contribution in [1.82, 2.24) is 29.3 Å². The highest BCUT2D eigenvalue weighted by Gasteiger charge is 2.56. The van der Waals surface area contributed by atoms with Crippen LogP contribution in [-0.2, 0) is 20.1 Å². The summed E-state index contributed by atoms with van der Waals surface area (Å²) in [5, 5.41) is 0. The van der Waals surface area contributed by atoms with Crippen molar-refractivity contribution >= 4 is 17.1 Å². The van der Waals surface area contributed by atoms with Crippen LogP contribution >= 0.6 is 0 Å². The number of carbonyl (C=O) groups is 1. The molecule has 2 atom stereocenters. The summed E-state index contributed by atoms with van der Waals surface area (Å²) in [6, 6.07) is 13.6. The molecular formula is C27H27F3N6O3. The Morgan fingerprint density at radius 2 is 1.95 bits per heavy atom. The minimum atomic E-state index is -4.80. The number of rotatable bonds is 8. The van der Waals surface area contributed by atoms with E-state index in [0.717, 1.165) is 36.5 Å². The standard InChI is InChI=1S/C27H27F3N6O3/c1-34-15-25(31-16-34)38-26(37)36(10-17-5-4-6-18(9-17)39-27(28,29)30)13-21-19-11-35(12-20(19)21)14-24-32-22-7-2-3-8-23(22)33-24/h2-9,15-16,19-21H,10-14H2,1H3,(H,32,33). The number of aromatic nitrogens is 4. The van der Waals surface area contributed by atoms with E-state index in [2.05, 4.69) is 24.6 Å². The van der Waals surface area contributed by atoms with E-state index < -0.39 is 12.5 Å². The van der Waals surface area contributed by atoms with E-state index in [4.69, 9.17) is 4.74 Å². The monoisotopic (exact) mass is 540 g/mol. The van der Waals surface area contributed by atoms with Crippen LogP contribution in [-0.4, -0.2) is 61.4 Å². The van der Waals surface area contributed by atoms with Crippen molar-refractivity contribution in [3.63, 3.8) is 0 Å². The van der Waals surface area contributed by atoms with Crippen LogP contribution in [0.15, 0.2) is 61.1 Å². The third-order valence-electron chi connectivity index (χ3n) is 7.33. The quantitative estimate of drug-likeness (QED) is 0.352.